The summed E-state index contributed by atoms with van der Waals surface area (Å²) in [5.41, 5.74) is 10.3. The highest BCUT2D eigenvalue weighted by molar-refractivity contribution is 6.16. The summed E-state index contributed by atoms with van der Waals surface area (Å²) in [6, 6.07) is 9.35. The molecule has 2 aliphatic rings. The average molecular weight is 335 g/mol. The quantitative estimate of drug-likeness (QED) is 0.720. The van der Waals surface area contributed by atoms with Gasteiger partial charge in [0.25, 0.3) is 0 Å². The van der Waals surface area contributed by atoms with Gasteiger partial charge in [0, 0.05) is 5.39 Å². The maximum absolute atomic E-state index is 13.0. The summed E-state index contributed by atoms with van der Waals surface area (Å²) in [5, 5.41) is 0.814. The van der Waals surface area contributed by atoms with Crippen LogP contribution in [0.5, 0.6) is 11.5 Å². The van der Waals surface area contributed by atoms with Crippen molar-refractivity contribution in [1.29, 1.82) is 0 Å². The number of ether oxygens (including phenoxy) is 2. The van der Waals surface area contributed by atoms with Gasteiger partial charge in [-0.05, 0) is 61.1 Å². The summed E-state index contributed by atoms with van der Waals surface area (Å²) >= 11 is 0. The van der Waals surface area contributed by atoms with Crippen molar-refractivity contribution in [3.63, 3.8) is 0 Å². The van der Waals surface area contributed by atoms with Crippen LogP contribution in [-0.4, -0.2) is 12.6 Å². The summed E-state index contributed by atoms with van der Waals surface area (Å²) in [7, 11) is 0. The van der Waals surface area contributed by atoms with E-state index >= 15 is 0 Å². The fourth-order valence-electron chi connectivity index (χ4n) is 3.75. The predicted octanol–water partition coefficient (Wildman–Crippen LogP) is 3.85. The zero-order valence-electron chi connectivity index (χ0n) is 13.6. The number of benzene rings is 2. The fraction of sp³-hybridized carbons (Fsp3) is 0.250. The highest BCUT2D eigenvalue weighted by atomic mass is 16.7. The van der Waals surface area contributed by atoms with Gasteiger partial charge in [-0.3, -0.25) is 4.79 Å². The Morgan fingerprint density at radius 2 is 1.84 bits per heavy atom. The highest BCUT2D eigenvalue weighted by Gasteiger charge is 2.27. The van der Waals surface area contributed by atoms with Gasteiger partial charge in [-0.15, -0.1) is 0 Å². The molecule has 2 heterocycles. The Morgan fingerprint density at radius 1 is 1.04 bits per heavy atom. The number of aryl methyl sites for hydroxylation is 2. The van der Waals surface area contributed by atoms with Gasteiger partial charge in [-0.1, -0.05) is 6.07 Å². The molecule has 0 fully saturated rings. The fourth-order valence-corrected chi connectivity index (χ4v) is 3.75. The number of carbonyl (C=O) groups excluding carboxylic acids is 1. The molecule has 2 N–H and O–H groups in total. The van der Waals surface area contributed by atoms with Crippen LogP contribution in [0.25, 0.3) is 11.0 Å². The first-order valence-corrected chi connectivity index (χ1v) is 8.49. The minimum Gasteiger partial charge on any atom is -0.454 e. The van der Waals surface area contributed by atoms with E-state index in [4.69, 9.17) is 19.6 Å². The van der Waals surface area contributed by atoms with E-state index < -0.39 is 0 Å². The molecule has 0 saturated heterocycles. The lowest BCUT2D eigenvalue weighted by molar-refractivity contribution is 0.101. The summed E-state index contributed by atoms with van der Waals surface area (Å²) < 4.78 is 16.7. The number of para-hydroxylation sites is 1. The topological polar surface area (TPSA) is 74.7 Å². The van der Waals surface area contributed by atoms with E-state index in [1.165, 1.54) is 24.0 Å². The smallest absolute Gasteiger partial charge is 0.234 e. The molecular weight excluding hydrogens is 318 g/mol. The Morgan fingerprint density at radius 3 is 2.68 bits per heavy atom. The largest absolute Gasteiger partial charge is 0.454 e. The van der Waals surface area contributed by atoms with Gasteiger partial charge in [0.2, 0.25) is 12.6 Å². The zero-order valence-corrected chi connectivity index (χ0v) is 13.6. The summed E-state index contributed by atoms with van der Waals surface area (Å²) in [6.07, 6.45) is 4.48. The second-order valence-electron chi connectivity index (χ2n) is 6.54. The lowest BCUT2D eigenvalue weighted by atomic mass is 9.90. The molecule has 0 unspecified atom stereocenters. The number of hydrogen-bond acceptors (Lipinski definition) is 5. The maximum atomic E-state index is 13.0. The van der Waals surface area contributed by atoms with Gasteiger partial charge in [0.05, 0.1) is 11.3 Å². The number of anilines is 1. The van der Waals surface area contributed by atoms with Crippen molar-refractivity contribution in [2.75, 3.05) is 12.5 Å². The third-order valence-corrected chi connectivity index (χ3v) is 5.04. The molecule has 0 spiro atoms. The Balaban J connectivity index is 1.64. The van der Waals surface area contributed by atoms with Crippen LogP contribution in [0.1, 0.15) is 40.1 Å². The summed E-state index contributed by atoms with van der Waals surface area (Å²) in [6.45, 7) is 0.113. The number of fused-ring (bicyclic) bond motifs is 3. The molecular formula is C20H17NO4. The minimum atomic E-state index is -0.283. The normalized spacial score (nSPS) is 15.4. The minimum absolute atomic E-state index is 0.113. The van der Waals surface area contributed by atoms with Crippen LogP contribution in [0.15, 0.2) is 34.7 Å². The highest BCUT2D eigenvalue weighted by Crippen LogP contribution is 2.39. The number of ketones is 1. The summed E-state index contributed by atoms with van der Waals surface area (Å²) in [5.74, 6) is 0.901. The lowest BCUT2D eigenvalue weighted by Gasteiger charge is -2.14. The van der Waals surface area contributed by atoms with Gasteiger partial charge in [0.15, 0.2) is 17.3 Å². The van der Waals surface area contributed by atoms with Crippen molar-refractivity contribution in [2.45, 2.75) is 25.7 Å². The van der Waals surface area contributed by atoms with Crippen LogP contribution in [0.3, 0.4) is 0 Å². The van der Waals surface area contributed by atoms with E-state index in [1.54, 1.807) is 18.2 Å². The molecule has 2 aromatic carbocycles. The van der Waals surface area contributed by atoms with Gasteiger partial charge in [-0.25, -0.2) is 0 Å². The zero-order chi connectivity index (χ0) is 17.0. The molecule has 5 rings (SSSR count). The molecule has 0 bridgehead atoms. The molecule has 0 atom stereocenters. The van der Waals surface area contributed by atoms with E-state index in [0.717, 1.165) is 18.2 Å². The second-order valence-corrected chi connectivity index (χ2v) is 6.54. The monoisotopic (exact) mass is 335 g/mol. The number of furan rings is 1. The van der Waals surface area contributed by atoms with Crippen LogP contribution < -0.4 is 15.2 Å². The summed E-state index contributed by atoms with van der Waals surface area (Å²) in [4.78, 5) is 13.0. The average Bonchev–Trinajstić information content (AvgIpc) is 3.24. The van der Waals surface area contributed by atoms with Crippen LogP contribution in [-0.2, 0) is 12.8 Å². The van der Waals surface area contributed by atoms with E-state index in [9.17, 15) is 4.79 Å². The first-order valence-electron chi connectivity index (χ1n) is 8.49. The van der Waals surface area contributed by atoms with Crippen molar-refractivity contribution in [2.24, 2.45) is 0 Å². The standard InChI is InChI=1S/C20H17NO4/c21-17-14-8-11-4-1-2-5-12(11)9-16(14)25-20(17)18(22)13-6-3-7-15-19(13)24-10-23-15/h3,6-9H,1-2,4-5,10,21H2. The maximum Gasteiger partial charge on any atom is 0.234 e. The van der Waals surface area contributed by atoms with E-state index in [1.807, 2.05) is 6.07 Å². The molecule has 1 aromatic heterocycles. The van der Waals surface area contributed by atoms with E-state index in [-0.39, 0.29) is 18.3 Å². The number of hydrogen-bond donors (Lipinski definition) is 1. The Bertz CT molecular complexity index is 1020. The van der Waals surface area contributed by atoms with Crippen LogP contribution in [0, 0.1) is 0 Å². The first-order chi connectivity index (χ1) is 12.2. The molecule has 0 amide bonds. The Kier molecular flexibility index (Phi) is 3.04. The van der Waals surface area contributed by atoms with Crippen molar-refractivity contribution in [1.82, 2.24) is 0 Å². The number of nitrogens with two attached hydrogens (primary N) is 1. The first kappa shape index (κ1) is 14.4. The van der Waals surface area contributed by atoms with Crippen LogP contribution in [0.2, 0.25) is 0 Å². The Labute approximate surface area is 144 Å². The van der Waals surface area contributed by atoms with E-state index in [2.05, 4.69) is 6.07 Å². The van der Waals surface area contributed by atoms with Gasteiger partial charge < -0.3 is 19.6 Å². The lowest BCUT2D eigenvalue weighted by Crippen LogP contribution is -2.05. The van der Waals surface area contributed by atoms with Gasteiger partial charge in [0.1, 0.15) is 5.58 Å². The molecule has 0 radical (unpaired) electrons. The molecule has 5 nitrogen and oxygen atoms in total. The van der Waals surface area contributed by atoms with Crippen molar-refractivity contribution in [3.05, 3.63) is 52.8 Å². The molecule has 1 aliphatic carbocycles. The second kappa shape index (κ2) is 5.28. The SMILES string of the molecule is Nc1c(C(=O)c2cccc3c2OCO3)oc2cc3c(cc12)CCCC3. The van der Waals surface area contributed by atoms with E-state index in [0.29, 0.717) is 28.3 Å². The number of carbonyl (C=O) groups is 1. The van der Waals surface area contributed by atoms with Gasteiger partial charge in [-0.2, -0.15) is 0 Å². The third-order valence-electron chi connectivity index (χ3n) is 5.04. The molecule has 126 valence electrons. The van der Waals surface area contributed by atoms with Crippen molar-refractivity contribution < 1.29 is 18.7 Å². The van der Waals surface area contributed by atoms with Crippen LogP contribution >= 0.6 is 0 Å². The van der Waals surface area contributed by atoms with Crippen molar-refractivity contribution in [3.8, 4) is 11.5 Å². The van der Waals surface area contributed by atoms with Crippen LogP contribution in [0.4, 0.5) is 5.69 Å². The molecule has 25 heavy (non-hydrogen) atoms. The third kappa shape index (κ3) is 2.12. The molecule has 1 aliphatic heterocycles. The number of nitrogen functional groups attached to an aromatic ring is 1. The van der Waals surface area contributed by atoms with Crippen molar-refractivity contribution >= 4 is 22.4 Å². The molecule has 5 heteroatoms. The molecule has 3 aromatic rings. The molecule has 0 saturated carbocycles. The van der Waals surface area contributed by atoms with Gasteiger partial charge >= 0.3 is 0 Å². The number of rotatable bonds is 2. The Hall–Kier alpha value is -2.95. The predicted molar refractivity (Wildman–Crippen MR) is 93.3 cm³/mol.